The average Bonchev–Trinajstić information content (AvgIpc) is 3.23. The molecule has 5 nitrogen and oxygen atoms in total. The molecule has 0 atom stereocenters. The van der Waals surface area contributed by atoms with E-state index in [0.717, 1.165) is 27.7 Å². The Morgan fingerprint density at radius 1 is 0.955 bits per heavy atom. The van der Waals surface area contributed by atoms with E-state index in [1.807, 2.05) is 48.5 Å². The number of H-pyrrole nitrogens is 1. The highest BCUT2D eigenvalue weighted by Crippen LogP contribution is 2.28. The van der Waals surface area contributed by atoms with Crippen LogP contribution in [0.2, 0.25) is 0 Å². The molecule has 0 aliphatic rings. The van der Waals surface area contributed by atoms with Gasteiger partial charge in [0.15, 0.2) is 5.69 Å². The lowest BCUT2D eigenvalue weighted by Gasteiger charge is -2.04. The molecular weight excluding hydrogens is 276 g/mol. The zero-order valence-corrected chi connectivity index (χ0v) is 11.4. The Hall–Kier alpha value is -3.39. The molecular formula is C17H10N4O. The fourth-order valence-corrected chi connectivity index (χ4v) is 2.50. The van der Waals surface area contributed by atoms with Crippen LogP contribution in [-0.2, 0) is 0 Å². The van der Waals surface area contributed by atoms with Crippen molar-refractivity contribution in [2.24, 2.45) is 0 Å². The Morgan fingerprint density at radius 2 is 1.82 bits per heavy atom. The number of aromatic nitrogens is 3. The van der Waals surface area contributed by atoms with Crippen LogP contribution in [0.4, 0.5) is 0 Å². The molecule has 2 aromatic heterocycles. The van der Waals surface area contributed by atoms with Crippen LogP contribution in [-0.4, -0.2) is 15.4 Å². The second-order valence-electron chi connectivity index (χ2n) is 4.89. The van der Waals surface area contributed by atoms with Gasteiger partial charge in [-0.3, -0.25) is 0 Å². The second-order valence-corrected chi connectivity index (χ2v) is 4.89. The van der Waals surface area contributed by atoms with Gasteiger partial charge in [-0.25, -0.2) is 0 Å². The molecule has 5 heteroatoms. The standard InChI is InChI=1S/C17H10N4O/c18-10-15-17(20-21-19-15)14-3-1-2-11(9-14)12-4-5-16-13(8-12)6-7-22-16/h1-9H,(H,19,20,21). The maximum atomic E-state index is 9.07. The molecule has 0 amide bonds. The minimum absolute atomic E-state index is 0.294. The largest absolute Gasteiger partial charge is 0.464 e. The van der Waals surface area contributed by atoms with Crippen LogP contribution in [0.3, 0.4) is 0 Å². The maximum absolute atomic E-state index is 9.07. The van der Waals surface area contributed by atoms with E-state index < -0.39 is 0 Å². The van der Waals surface area contributed by atoms with Crippen molar-refractivity contribution in [1.29, 1.82) is 5.26 Å². The van der Waals surface area contributed by atoms with Gasteiger partial charge in [-0.05, 0) is 35.4 Å². The number of hydrogen-bond acceptors (Lipinski definition) is 4. The van der Waals surface area contributed by atoms with Crippen molar-refractivity contribution in [1.82, 2.24) is 15.4 Å². The monoisotopic (exact) mass is 286 g/mol. The van der Waals surface area contributed by atoms with Crippen molar-refractivity contribution >= 4 is 11.0 Å². The minimum atomic E-state index is 0.294. The predicted octanol–water partition coefficient (Wildman–Crippen LogP) is 3.76. The molecule has 2 aromatic carbocycles. The maximum Gasteiger partial charge on any atom is 0.190 e. The number of nitrogens with one attached hydrogen (secondary N) is 1. The lowest BCUT2D eigenvalue weighted by Crippen LogP contribution is -1.84. The highest BCUT2D eigenvalue weighted by molar-refractivity contribution is 5.84. The fourth-order valence-electron chi connectivity index (χ4n) is 2.50. The van der Waals surface area contributed by atoms with Crippen LogP contribution in [0.5, 0.6) is 0 Å². The van der Waals surface area contributed by atoms with E-state index in [-0.39, 0.29) is 0 Å². The summed E-state index contributed by atoms with van der Waals surface area (Å²) in [7, 11) is 0. The van der Waals surface area contributed by atoms with Gasteiger partial charge in [0.2, 0.25) is 0 Å². The van der Waals surface area contributed by atoms with Gasteiger partial charge >= 0.3 is 0 Å². The third-order valence-corrected chi connectivity index (χ3v) is 3.58. The number of fused-ring (bicyclic) bond motifs is 1. The SMILES string of the molecule is N#Cc1n[nH]nc1-c1cccc(-c2ccc3occc3c2)c1. The summed E-state index contributed by atoms with van der Waals surface area (Å²) >= 11 is 0. The number of hydrogen-bond donors (Lipinski definition) is 1. The molecule has 2 heterocycles. The van der Waals surface area contributed by atoms with E-state index in [2.05, 4.69) is 21.5 Å². The number of nitriles is 1. The molecule has 0 saturated heterocycles. The third kappa shape index (κ3) is 1.95. The van der Waals surface area contributed by atoms with Crippen molar-refractivity contribution in [3.63, 3.8) is 0 Å². The molecule has 4 aromatic rings. The number of aromatic amines is 1. The smallest absolute Gasteiger partial charge is 0.190 e. The van der Waals surface area contributed by atoms with E-state index in [9.17, 15) is 0 Å². The summed E-state index contributed by atoms with van der Waals surface area (Å²) < 4.78 is 5.36. The van der Waals surface area contributed by atoms with Gasteiger partial charge in [-0.2, -0.15) is 15.6 Å². The van der Waals surface area contributed by atoms with Gasteiger partial charge in [0.25, 0.3) is 0 Å². The molecule has 0 bridgehead atoms. The molecule has 0 aliphatic carbocycles. The van der Waals surface area contributed by atoms with Gasteiger partial charge in [0.1, 0.15) is 17.3 Å². The lowest BCUT2D eigenvalue weighted by atomic mass is 10.0. The summed E-state index contributed by atoms with van der Waals surface area (Å²) in [6.07, 6.45) is 1.68. The van der Waals surface area contributed by atoms with Gasteiger partial charge in [-0.1, -0.05) is 24.3 Å². The van der Waals surface area contributed by atoms with Gasteiger partial charge < -0.3 is 4.42 Å². The average molecular weight is 286 g/mol. The van der Waals surface area contributed by atoms with E-state index in [0.29, 0.717) is 11.4 Å². The molecule has 104 valence electrons. The zero-order valence-electron chi connectivity index (χ0n) is 11.4. The molecule has 0 aliphatic heterocycles. The number of rotatable bonds is 2. The highest BCUT2D eigenvalue weighted by atomic mass is 16.3. The van der Waals surface area contributed by atoms with Crippen LogP contribution < -0.4 is 0 Å². The van der Waals surface area contributed by atoms with Gasteiger partial charge in [-0.15, -0.1) is 5.10 Å². The van der Waals surface area contributed by atoms with E-state index in [4.69, 9.17) is 9.68 Å². The highest BCUT2D eigenvalue weighted by Gasteiger charge is 2.10. The molecule has 0 saturated carbocycles. The fraction of sp³-hybridized carbons (Fsp3) is 0. The van der Waals surface area contributed by atoms with Crippen molar-refractivity contribution in [2.45, 2.75) is 0 Å². The van der Waals surface area contributed by atoms with Crippen LogP contribution >= 0.6 is 0 Å². The number of nitrogens with zero attached hydrogens (tertiary/aromatic N) is 3. The Balaban J connectivity index is 1.83. The number of benzene rings is 2. The predicted molar refractivity (Wildman–Crippen MR) is 81.7 cm³/mol. The Bertz CT molecular complexity index is 1010. The summed E-state index contributed by atoms with van der Waals surface area (Å²) in [5.74, 6) is 0. The first-order valence-electron chi connectivity index (χ1n) is 6.74. The van der Waals surface area contributed by atoms with Crippen LogP contribution in [0.15, 0.2) is 59.2 Å². The van der Waals surface area contributed by atoms with Gasteiger partial charge in [0, 0.05) is 10.9 Å². The molecule has 0 fully saturated rings. The van der Waals surface area contributed by atoms with Crippen LogP contribution in [0.25, 0.3) is 33.4 Å². The van der Waals surface area contributed by atoms with Crippen LogP contribution in [0.1, 0.15) is 5.69 Å². The topological polar surface area (TPSA) is 78.5 Å². The normalized spacial score (nSPS) is 10.7. The second kappa shape index (κ2) is 4.86. The first kappa shape index (κ1) is 12.4. The lowest BCUT2D eigenvalue weighted by molar-refractivity contribution is 0.616. The Morgan fingerprint density at radius 3 is 2.73 bits per heavy atom. The van der Waals surface area contributed by atoms with Gasteiger partial charge in [0.05, 0.1) is 6.26 Å². The zero-order chi connectivity index (χ0) is 14.9. The summed E-state index contributed by atoms with van der Waals surface area (Å²) in [6.45, 7) is 0. The quantitative estimate of drug-likeness (QED) is 0.608. The summed E-state index contributed by atoms with van der Waals surface area (Å²) in [6, 6.07) is 17.9. The Kier molecular flexibility index (Phi) is 2.73. The first-order valence-corrected chi connectivity index (χ1v) is 6.74. The van der Waals surface area contributed by atoms with Crippen molar-refractivity contribution in [3.8, 4) is 28.5 Å². The molecule has 1 N–H and O–H groups in total. The van der Waals surface area contributed by atoms with Crippen LogP contribution in [0, 0.1) is 11.3 Å². The molecule has 0 radical (unpaired) electrons. The minimum Gasteiger partial charge on any atom is -0.464 e. The summed E-state index contributed by atoms with van der Waals surface area (Å²) in [4.78, 5) is 0. The molecule has 0 spiro atoms. The molecule has 4 rings (SSSR count). The van der Waals surface area contributed by atoms with E-state index >= 15 is 0 Å². The molecule has 0 unspecified atom stereocenters. The van der Waals surface area contributed by atoms with Crippen molar-refractivity contribution in [2.75, 3.05) is 0 Å². The summed E-state index contributed by atoms with van der Waals surface area (Å²) in [5, 5.41) is 20.5. The van der Waals surface area contributed by atoms with Crippen molar-refractivity contribution < 1.29 is 4.42 Å². The van der Waals surface area contributed by atoms with Crippen molar-refractivity contribution in [3.05, 3.63) is 60.5 Å². The summed E-state index contributed by atoms with van der Waals surface area (Å²) in [5.41, 5.74) is 4.71. The number of furan rings is 1. The van der Waals surface area contributed by atoms with E-state index in [1.165, 1.54) is 0 Å². The first-order chi connectivity index (χ1) is 10.8. The Labute approximate surface area is 125 Å². The molecule has 22 heavy (non-hydrogen) atoms. The third-order valence-electron chi connectivity index (χ3n) is 3.58. The van der Waals surface area contributed by atoms with E-state index in [1.54, 1.807) is 6.26 Å².